The van der Waals surface area contributed by atoms with Gasteiger partial charge in [-0.3, -0.25) is 9.78 Å². The Balaban J connectivity index is 1.61. The summed E-state index contributed by atoms with van der Waals surface area (Å²) in [5.74, 6) is 0.969. The van der Waals surface area contributed by atoms with Gasteiger partial charge in [0, 0.05) is 36.4 Å². The van der Waals surface area contributed by atoms with Gasteiger partial charge in [-0.05, 0) is 53.6 Å². The number of benzene rings is 2. The molecule has 0 bridgehead atoms. The largest absolute Gasteiger partial charge is 0.497 e. The fourth-order valence-corrected chi connectivity index (χ4v) is 3.51. The Bertz CT molecular complexity index is 931. The maximum Gasteiger partial charge on any atom is 0.254 e. The molecule has 4 nitrogen and oxygen atoms in total. The van der Waals surface area contributed by atoms with Gasteiger partial charge in [-0.25, -0.2) is 0 Å². The second kappa shape index (κ2) is 6.55. The summed E-state index contributed by atoms with van der Waals surface area (Å²) in [7, 11) is 1.68. The van der Waals surface area contributed by atoms with Gasteiger partial charge >= 0.3 is 0 Å². The first kappa shape index (κ1) is 15.6. The van der Waals surface area contributed by atoms with Crippen molar-refractivity contribution in [1.29, 1.82) is 0 Å². The van der Waals surface area contributed by atoms with E-state index in [1.54, 1.807) is 19.5 Å². The third kappa shape index (κ3) is 2.95. The van der Waals surface area contributed by atoms with Gasteiger partial charge in [-0.2, -0.15) is 0 Å². The minimum atomic E-state index is 0.0940. The monoisotopic (exact) mass is 332 g/mol. The van der Waals surface area contributed by atoms with E-state index < -0.39 is 0 Å². The van der Waals surface area contributed by atoms with Crippen LogP contribution in [0.1, 0.15) is 21.5 Å². The van der Waals surface area contributed by atoms with Crippen molar-refractivity contribution in [2.24, 2.45) is 0 Å². The molecule has 25 heavy (non-hydrogen) atoms. The maximum atomic E-state index is 13.1. The van der Waals surface area contributed by atoms with Crippen LogP contribution in [0.25, 0.3) is 10.8 Å². The Morgan fingerprint density at radius 1 is 1.08 bits per heavy atom. The number of carbonyl (C=O) groups excluding carboxylic acids is 1. The van der Waals surface area contributed by atoms with Crippen LogP contribution in [0.2, 0.25) is 0 Å². The average Bonchev–Trinajstić information content (AvgIpc) is 2.89. The Labute approximate surface area is 147 Å². The van der Waals surface area contributed by atoms with E-state index in [2.05, 4.69) is 17.1 Å². The zero-order valence-corrected chi connectivity index (χ0v) is 14.2. The zero-order valence-electron chi connectivity index (χ0n) is 14.2. The molecule has 1 aliphatic rings. The SMILES string of the molecule is COc1ccc2c(c1)CCN(C(=O)c1cccc3cnccc13)CC2. The summed E-state index contributed by atoms with van der Waals surface area (Å²) >= 11 is 0. The Morgan fingerprint density at radius 3 is 2.76 bits per heavy atom. The molecule has 0 saturated heterocycles. The number of pyridine rings is 1. The fraction of sp³-hybridized carbons (Fsp3) is 0.238. The molecule has 0 saturated carbocycles. The molecule has 0 aliphatic carbocycles. The molecule has 0 fully saturated rings. The Kier molecular flexibility index (Phi) is 4.10. The molecular formula is C21H20N2O2. The molecule has 0 N–H and O–H groups in total. The number of fused-ring (bicyclic) bond motifs is 2. The van der Waals surface area contributed by atoms with Crippen molar-refractivity contribution in [3.63, 3.8) is 0 Å². The van der Waals surface area contributed by atoms with E-state index in [4.69, 9.17) is 4.74 Å². The van der Waals surface area contributed by atoms with Crippen LogP contribution in [-0.4, -0.2) is 36.0 Å². The molecule has 1 amide bonds. The first-order chi connectivity index (χ1) is 12.3. The Morgan fingerprint density at radius 2 is 1.92 bits per heavy atom. The van der Waals surface area contributed by atoms with Crippen molar-refractivity contribution in [2.45, 2.75) is 12.8 Å². The van der Waals surface area contributed by atoms with E-state index in [-0.39, 0.29) is 5.91 Å². The standard InChI is InChI=1S/C21H20N2O2/c1-25-18-6-5-15-8-11-23(12-9-16(15)13-18)21(24)20-4-2-3-17-14-22-10-7-19(17)20/h2-7,10,13-14H,8-9,11-12H2,1H3. The molecule has 3 aromatic rings. The van der Waals surface area contributed by atoms with Crippen molar-refractivity contribution in [3.05, 3.63) is 71.5 Å². The zero-order chi connectivity index (χ0) is 17.2. The third-order valence-corrected chi connectivity index (χ3v) is 4.91. The van der Waals surface area contributed by atoms with Gasteiger partial charge in [0.25, 0.3) is 5.91 Å². The fourth-order valence-electron chi connectivity index (χ4n) is 3.51. The summed E-state index contributed by atoms with van der Waals surface area (Å²) in [6, 6.07) is 13.9. The summed E-state index contributed by atoms with van der Waals surface area (Å²) in [6.07, 6.45) is 5.27. The summed E-state index contributed by atoms with van der Waals surface area (Å²) in [5, 5.41) is 1.96. The van der Waals surface area contributed by atoms with Gasteiger partial charge in [0.15, 0.2) is 0 Å². The highest BCUT2D eigenvalue weighted by Gasteiger charge is 2.21. The molecule has 126 valence electrons. The topological polar surface area (TPSA) is 42.4 Å². The molecule has 2 aromatic carbocycles. The molecule has 1 aliphatic heterocycles. The maximum absolute atomic E-state index is 13.1. The molecule has 2 heterocycles. The highest BCUT2D eigenvalue weighted by Crippen LogP contribution is 2.24. The van der Waals surface area contributed by atoms with E-state index in [1.165, 1.54) is 11.1 Å². The van der Waals surface area contributed by atoms with Gasteiger partial charge in [0.05, 0.1) is 7.11 Å². The number of carbonyl (C=O) groups is 1. The minimum Gasteiger partial charge on any atom is -0.497 e. The minimum absolute atomic E-state index is 0.0940. The van der Waals surface area contributed by atoms with Crippen LogP contribution in [0.5, 0.6) is 5.75 Å². The number of nitrogens with zero attached hydrogens (tertiary/aromatic N) is 2. The number of aromatic nitrogens is 1. The summed E-state index contributed by atoms with van der Waals surface area (Å²) in [6.45, 7) is 1.46. The van der Waals surface area contributed by atoms with Gasteiger partial charge in [-0.15, -0.1) is 0 Å². The summed E-state index contributed by atoms with van der Waals surface area (Å²) in [4.78, 5) is 19.2. The van der Waals surface area contributed by atoms with E-state index in [0.717, 1.165) is 48.0 Å². The van der Waals surface area contributed by atoms with Crippen molar-refractivity contribution >= 4 is 16.7 Å². The van der Waals surface area contributed by atoms with Gasteiger partial charge in [-0.1, -0.05) is 18.2 Å². The van der Waals surface area contributed by atoms with Crippen LogP contribution in [0.15, 0.2) is 54.9 Å². The lowest BCUT2D eigenvalue weighted by atomic mass is 10.0. The quantitative estimate of drug-likeness (QED) is 0.721. The van der Waals surface area contributed by atoms with E-state index in [0.29, 0.717) is 0 Å². The lowest BCUT2D eigenvalue weighted by Gasteiger charge is -2.21. The molecular weight excluding hydrogens is 312 g/mol. The van der Waals surface area contributed by atoms with E-state index in [1.807, 2.05) is 35.2 Å². The molecule has 4 rings (SSSR count). The summed E-state index contributed by atoms with van der Waals surface area (Å²) < 4.78 is 5.33. The van der Waals surface area contributed by atoms with Crippen LogP contribution >= 0.6 is 0 Å². The highest BCUT2D eigenvalue weighted by atomic mass is 16.5. The second-order valence-electron chi connectivity index (χ2n) is 6.33. The third-order valence-electron chi connectivity index (χ3n) is 4.91. The number of ether oxygens (including phenoxy) is 1. The number of methoxy groups -OCH3 is 1. The first-order valence-corrected chi connectivity index (χ1v) is 8.54. The predicted molar refractivity (Wildman–Crippen MR) is 98.0 cm³/mol. The lowest BCUT2D eigenvalue weighted by Crippen LogP contribution is -2.33. The van der Waals surface area contributed by atoms with Gasteiger partial charge < -0.3 is 9.64 Å². The lowest BCUT2D eigenvalue weighted by molar-refractivity contribution is 0.0765. The van der Waals surface area contributed by atoms with Gasteiger partial charge in [0.2, 0.25) is 0 Å². The van der Waals surface area contributed by atoms with E-state index >= 15 is 0 Å². The molecule has 4 heteroatoms. The molecule has 0 spiro atoms. The van der Waals surface area contributed by atoms with Crippen molar-refractivity contribution in [3.8, 4) is 5.75 Å². The van der Waals surface area contributed by atoms with Crippen molar-refractivity contribution in [2.75, 3.05) is 20.2 Å². The van der Waals surface area contributed by atoms with Crippen LogP contribution in [0.3, 0.4) is 0 Å². The smallest absolute Gasteiger partial charge is 0.254 e. The van der Waals surface area contributed by atoms with Gasteiger partial charge in [0.1, 0.15) is 5.75 Å². The number of rotatable bonds is 2. The van der Waals surface area contributed by atoms with E-state index in [9.17, 15) is 4.79 Å². The molecule has 1 aromatic heterocycles. The first-order valence-electron chi connectivity index (χ1n) is 8.54. The van der Waals surface area contributed by atoms with Crippen LogP contribution in [0, 0.1) is 0 Å². The predicted octanol–water partition coefficient (Wildman–Crippen LogP) is 3.48. The number of amides is 1. The Hall–Kier alpha value is -2.88. The molecule has 0 radical (unpaired) electrons. The van der Waals surface area contributed by atoms with Crippen LogP contribution in [0.4, 0.5) is 0 Å². The van der Waals surface area contributed by atoms with Crippen molar-refractivity contribution < 1.29 is 9.53 Å². The van der Waals surface area contributed by atoms with Crippen LogP contribution < -0.4 is 4.74 Å². The average molecular weight is 332 g/mol. The highest BCUT2D eigenvalue weighted by molar-refractivity contribution is 6.06. The molecule has 0 unspecified atom stereocenters. The van der Waals surface area contributed by atoms with Crippen LogP contribution in [-0.2, 0) is 12.8 Å². The second-order valence-corrected chi connectivity index (χ2v) is 6.33. The normalized spacial score (nSPS) is 14.0. The number of hydrogen-bond donors (Lipinski definition) is 0. The summed E-state index contributed by atoms with van der Waals surface area (Å²) in [5.41, 5.74) is 3.33. The van der Waals surface area contributed by atoms with Crippen molar-refractivity contribution in [1.82, 2.24) is 9.88 Å². The number of hydrogen-bond acceptors (Lipinski definition) is 3. The molecule has 0 atom stereocenters.